The van der Waals surface area contributed by atoms with Crippen molar-refractivity contribution in [2.75, 3.05) is 11.9 Å². The molecule has 2 N–H and O–H groups in total. The number of carboxylic acid groups (broad SMARTS) is 1. The van der Waals surface area contributed by atoms with Gasteiger partial charge in [-0.2, -0.15) is 0 Å². The Balaban J connectivity index is 2.15. The summed E-state index contributed by atoms with van der Waals surface area (Å²) >= 11 is 5.98. The molecule has 2 aromatic carbocycles. The predicted octanol–water partition coefficient (Wildman–Crippen LogP) is 4.72. The average molecular weight is 356 g/mol. The molecule has 1 aromatic heterocycles. The first-order valence-electron chi connectivity index (χ1n) is 7.99. The van der Waals surface area contributed by atoms with E-state index in [9.17, 15) is 9.90 Å². The van der Waals surface area contributed by atoms with E-state index in [1.54, 1.807) is 6.07 Å². The Hall–Kier alpha value is -2.66. The number of benzene rings is 2. The molecular weight excluding hydrogens is 338 g/mol. The van der Waals surface area contributed by atoms with Gasteiger partial charge in [0.2, 0.25) is 0 Å². The number of rotatable bonds is 5. The van der Waals surface area contributed by atoms with E-state index in [4.69, 9.17) is 16.6 Å². The van der Waals surface area contributed by atoms with Crippen LogP contribution in [0, 0.1) is 5.92 Å². The number of fused-ring (bicyclic) bond motifs is 1. The van der Waals surface area contributed by atoms with Crippen molar-refractivity contribution in [3.05, 3.63) is 53.1 Å². The van der Waals surface area contributed by atoms with E-state index in [0.29, 0.717) is 33.5 Å². The number of halogens is 1. The van der Waals surface area contributed by atoms with Crippen LogP contribution >= 0.6 is 11.6 Å². The summed E-state index contributed by atoms with van der Waals surface area (Å²) in [5.41, 5.74) is 2.99. The molecule has 0 amide bonds. The van der Waals surface area contributed by atoms with Crippen LogP contribution in [0.15, 0.2) is 42.5 Å². The number of carboxylic acids is 1. The Labute approximate surface area is 150 Å². The summed E-state index contributed by atoms with van der Waals surface area (Å²) in [5.74, 6) is 0.0779. The third kappa shape index (κ3) is 3.88. The van der Waals surface area contributed by atoms with Gasteiger partial charge in [0.25, 0.3) is 0 Å². The van der Waals surface area contributed by atoms with Crippen LogP contribution in [0.4, 0.5) is 5.82 Å². The molecule has 0 saturated heterocycles. The van der Waals surface area contributed by atoms with Crippen molar-refractivity contribution >= 4 is 34.4 Å². The molecule has 5 nitrogen and oxygen atoms in total. The summed E-state index contributed by atoms with van der Waals surface area (Å²) in [6, 6.07) is 12.2. The number of hydrogen-bond donors (Lipinski definition) is 2. The molecule has 0 atom stereocenters. The summed E-state index contributed by atoms with van der Waals surface area (Å²) in [5, 5.41) is 13.1. The lowest BCUT2D eigenvalue weighted by molar-refractivity contribution is 0.0697. The largest absolute Gasteiger partial charge is 0.478 e. The molecule has 0 aliphatic carbocycles. The fraction of sp³-hybridized carbons (Fsp3) is 0.211. The molecule has 6 heteroatoms. The highest BCUT2D eigenvalue weighted by atomic mass is 35.5. The normalized spacial score (nSPS) is 11.0. The summed E-state index contributed by atoms with van der Waals surface area (Å²) in [7, 11) is 0. The van der Waals surface area contributed by atoms with Crippen LogP contribution in [-0.4, -0.2) is 27.6 Å². The summed E-state index contributed by atoms with van der Waals surface area (Å²) in [4.78, 5) is 20.5. The molecule has 0 saturated carbocycles. The van der Waals surface area contributed by atoms with Crippen LogP contribution < -0.4 is 5.32 Å². The number of hydrogen-bond acceptors (Lipinski definition) is 4. The van der Waals surface area contributed by atoms with Crippen molar-refractivity contribution in [2.24, 2.45) is 5.92 Å². The van der Waals surface area contributed by atoms with Gasteiger partial charge in [0.1, 0.15) is 5.69 Å². The molecule has 0 unspecified atom stereocenters. The summed E-state index contributed by atoms with van der Waals surface area (Å²) in [6.45, 7) is 4.94. The number of aromatic nitrogens is 2. The second-order valence-electron chi connectivity index (χ2n) is 6.21. The first-order valence-corrected chi connectivity index (χ1v) is 8.37. The molecule has 25 heavy (non-hydrogen) atoms. The molecule has 3 rings (SSSR count). The van der Waals surface area contributed by atoms with E-state index in [1.807, 2.05) is 24.3 Å². The van der Waals surface area contributed by atoms with Crippen molar-refractivity contribution in [1.82, 2.24) is 9.97 Å². The van der Waals surface area contributed by atoms with Crippen LogP contribution in [0.25, 0.3) is 22.3 Å². The van der Waals surface area contributed by atoms with Gasteiger partial charge in [0.15, 0.2) is 5.82 Å². The molecule has 0 bridgehead atoms. The Morgan fingerprint density at radius 1 is 1.12 bits per heavy atom. The maximum absolute atomic E-state index is 11.2. The minimum atomic E-state index is -0.984. The van der Waals surface area contributed by atoms with E-state index >= 15 is 0 Å². The van der Waals surface area contributed by atoms with E-state index in [0.717, 1.165) is 12.1 Å². The number of anilines is 1. The quantitative estimate of drug-likeness (QED) is 0.692. The second-order valence-corrected chi connectivity index (χ2v) is 6.65. The fourth-order valence-electron chi connectivity index (χ4n) is 2.42. The SMILES string of the molecule is CC(C)CNc1nc2cc(C(=O)O)ccc2nc1-c1ccc(Cl)cc1. The van der Waals surface area contributed by atoms with Gasteiger partial charge in [0, 0.05) is 17.1 Å². The first-order chi connectivity index (χ1) is 11.9. The maximum Gasteiger partial charge on any atom is 0.335 e. The van der Waals surface area contributed by atoms with E-state index in [-0.39, 0.29) is 5.56 Å². The molecule has 0 aliphatic rings. The van der Waals surface area contributed by atoms with Crippen molar-refractivity contribution < 1.29 is 9.90 Å². The molecule has 1 heterocycles. The van der Waals surface area contributed by atoms with Crippen molar-refractivity contribution in [3.63, 3.8) is 0 Å². The Bertz CT molecular complexity index is 924. The standard InChI is InChI=1S/C19H18ClN3O2/c1-11(2)10-21-18-17(12-3-6-14(20)7-4-12)22-15-8-5-13(19(24)25)9-16(15)23-18/h3-9,11H,10H2,1-2H3,(H,21,23)(H,24,25). The zero-order valence-corrected chi connectivity index (χ0v) is 14.7. The van der Waals surface area contributed by atoms with E-state index in [2.05, 4.69) is 24.1 Å². The number of nitrogens with zero attached hydrogens (tertiary/aromatic N) is 2. The smallest absolute Gasteiger partial charge is 0.335 e. The summed E-state index contributed by atoms with van der Waals surface area (Å²) < 4.78 is 0. The fourth-order valence-corrected chi connectivity index (χ4v) is 2.55. The van der Waals surface area contributed by atoms with Crippen LogP contribution in [0.1, 0.15) is 24.2 Å². The van der Waals surface area contributed by atoms with Crippen LogP contribution in [0.2, 0.25) is 5.02 Å². The number of carbonyl (C=O) groups is 1. The maximum atomic E-state index is 11.2. The van der Waals surface area contributed by atoms with Gasteiger partial charge in [-0.15, -0.1) is 0 Å². The zero-order valence-electron chi connectivity index (χ0n) is 14.0. The van der Waals surface area contributed by atoms with Gasteiger partial charge < -0.3 is 10.4 Å². The predicted molar refractivity (Wildman–Crippen MR) is 100 cm³/mol. The number of aromatic carboxylic acids is 1. The van der Waals surface area contributed by atoms with Crippen LogP contribution in [-0.2, 0) is 0 Å². The zero-order chi connectivity index (χ0) is 18.0. The lowest BCUT2D eigenvalue weighted by Crippen LogP contribution is -2.11. The van der Waals surface area contributed by atoms with Crippen LogP contribution in [0.3, 0.4) is 0 Å². The van der Waals surface area contributed by atoms with Crippen molar-refractivity contribution in [2.45, 2.75) is 13.8 Å². The third-order valence-corrected chi connectivity index (χ3v) is 3.96. The lowest BCUT2D eigenvalue weighted by Gasteiger charge is -2.14. The van der Waals surface area contributed by atoms with Gasteiger partial charge in [-0.25, -0.2) is 14.8 Å². The molecule has 0 spiro atoms. The molecular formula is C19H18ClN3O2. The molecule has 3 aromatic rings. The third-order valence-electron chi connectivity index (χ3n) is 3.71. The topological polar surface area (TPSA) is 75.1 Å². The monoisotopic (exact) mass is 355 g/mol. The average Bonchev–Trinajstić information content (AvgIpc) is 2.59. The minimum absolute atomic E-state index is 0.191. The van der Waals surface area contributed by atoms with Gasteiger partial charge in [0.05, 0.1) is 16.6 Å². The molecule has 0 fully saturated rings. The van der Waals surface area contributed by atoms with Gasteiger partial charge in [-0.05, 0) is 36.2 Å². The minimum Gasteiger partial charge on any atom is -0.478 e. The van der Waals surface area contributed by atoms with Crippen LogP contribution in [0.5, 0.6) is 0 Å². The summed E-state index contributed by atoms with van der Waals surface area (Å²) in [6.07, 6.45) is 0. The van der Waals surface area contributed by atoms with Gasteiger partial charge in [-0.3, -0.25) is 0 Å². The lowest BCUT2D eigenvalue weighted by atomic mass is 10.1. The highest BCUT2D eigenvalue weighted by Gasteiger charge is 2.13. The highest BCUT2D eigenvalue weighted by Crippen LogP contribution is 2.28. The number of nitrogens with one attached hydrogen (secondary N) is 1. The molecule has 128 valence electrons. The second kappa shape index (κ2) is 7.07. The van der Waals surface area contributed by atoms with E-state index < -0.39 is 5.97 Å². The molecule has 0 aliphatic heterocycles. The Kier molecular flexibility index (Phi) is 4.86. The van der Waals surface area contributed by atoms with E-state index in [1.165, 1.54) is 12.1 Å². The van der Waals surface area contributed by atoms with Crippen molar-refractivity contribution in [3.8, 4) is 11.3 Å². The first kappa shape index (κ1) is 17.2. The highest BCUT2D eigenvalue weighted by molar-refractivity contribution is 6.30. The van der Waals surface area contributed by atoms with Gasteiger partial charge >= 0.3 is 5.97 Å². The van der Waals surface area contributed by atoms with Crippen molar-refractivity contribution in [1.29, 1.82) is 0 Å². The Morgan fingerprint density at radius 2 is 1.84 bits per heavy atom. The van der Waals surface area contributed by atoms with Gasteiger partial charge in [-0.1, -0.05) is 37.6 Å². The Morgan fingerprint density at radius 3 is 2.48 bits per heavy atom. The molecule has 0 radical (unpaired) electrons.